The quantitative estimate of drug-likeness (QED) is 0.686. The fraction of sp³-hybridized carbons (Fsp3) is 0. The van der Waals surface area contributed by atoms with Gasteiger partial charge in [-0.1, -0.05) is 12.1 Å². The van der Waals surface area contributed by atoms with Crippen molar-refractivity contribution < 1.29 is 0 Å². The molecule has 3 aromatic rings. The minimum absolute atomic E-state index is 0.428. The molecule has 0 spiro atoms. The maximum atomic E-state index is 5.92. The Morgan fingerprint density at radius 3 is 2.35 bits per heavy atom. The standard InChI is InChI=1S/C13H10N4/c14-13-12(9-4-3-7-15-8-9)16-10-5-1-2-6-11(10)17-13/h1-8H,(H2,14,17). The summed E-state index contributed by atoms with van der Waals surface area (Å²) in [6.45, 7) is 0. The molecule has 0 aliphatic carbocycles. The van der Waals surface area contributed by atoms with Crippen LogP contribution in [0.4, 0.5) is 5.82 Å². The Bertz CT molecular complexity index is 665. The number of nitrogen functional groups attached to an aromatic ring is 1. The molecule has 0 fully saturated rings. The molecule has 2 N–H and O–H groups in total. The van der Waals surface area contributed by atoms with Crippen LogP contribution < -0.4 is 5.73 Å². The van der Waals surface area contributed by atoms with E-state index in [4.69, 9.17) is 5.73 Å². The number of nitrogens with two attached hydrogens (primary N) is 1. The molecule has 4 heteroatoms. The molecular weight excluding hydrogens is 212 g/mol. The van der Waals surface area contributed by atoms with E-state index < -0.39 is 0 Å². The minimum atomic E-state index is 0.428. The van der Waals surface area contributed by atoms with Gasteiger partial charge in [0.1, 0.15) is 5.69 Å². The van der Waals surface area contributed by atoms with E-state index in [1.165, 1.54) is 0 Å². The molecule has 17 heavy (non-hydrogen) atoms. The Kier molecular flexibility index (Phi) is 2.19. The largest absolute Gasteiger partial charge is 0.382 e. The van der Waals surface area contributed by atoms with Gasteiger partial charge in [-0.25, -0.2) is 9.97 Å². The average Bonchev–Trinajstić information content (AvgIpc) is 2.39. The molecule has 0 saturated carbocycles. The van der Waals surface area contributed by atoms with Crippen LogP contribution in [-0.2, 0) is 0 Å². The van der Waals surface area contributed by atoms with Gasteiger partial charge in [0.25, 0.3) is 0 Å². The van der Waals surface area contributed by atoms with Crippen LogP contribution in [0.5, 0.6) is 0 Å². The second-order valence-corrected chi connectivity index (χ2v) is 3.69. The lowest BCUT2D eigenvalue weighted by Gasteiger charge is -2.05. The molecule has 0 saturated heterocycles. The van der Waals surface area contributed by atoms with Crippen molar-refractivity contribution in [2.24, 2.45) is 0 Å². The molecule has 0 amide bonds. The molecule has 2 aromatic heterocycles. The Hall–Kier alpha value is -2.49. The third kappa shape index (κ3) is 1.69. The van der Waals surface area contributed by atoms with Crippen molar-refractivity contribution >= 4 is 16.9 Å². The Balaban J connectivity index is 2.27. The van der Waals surface area contributed by atoms with Crippen LogP contribution >= 0.6 is 0 Å². The zero-order chi connectivity index (χ0) is 11.7. The highest BCUT2D eigenvalue weighted by Crippen LogP contribution is 2.23. The zero-order valence-corrected chi connectivity index (χ0v) is 9.04. The average molecular weight is 222 g/mol. The van der Waals surface area contributed by atoms with Crippen molar-refractivity contribution in [2.45, 2.75) is 0 Å². The fourth-order valence-electron chi connectivity index (χ4n) is 1.73. The number of pyridine rings is 1. The molecule has 0 atom stereocenters. The molecular formula is C13H10N4. The third-order valence-corrected chi connectivity index (χ3v) is 2.53. The van der Waals surface area contributed by atoms with Gasteiger partial charge in [-0.05, 0) is 24.3 Å². The smallest absolute Gasteiger partial charge is 0.150 e. The van der Waals surface area contributed by atoms with Crippen molar-refractivity contribution in [3.63, 3.8) is 0 Å². The van der Waals surface area contributed by atoms with E-state index in [-0.39, 0.29) is 0 Å². The number of anilines is 1. The first kappa shape index (κ1) is 9.72. The Morgan fingerprint density at radius 2 is 1.65 bits per heavy atom. The lowest BCUT2D eigenvalue weighted by atomic mass is 10.2. The number of rotatable bonds is 1. The van der Waals surface area contributed by atoms with E-state index in [0.29, 0.717) is 11.5 Å². The van der Waals surface area contributed by atoms with Crippen LogP contribution in [-0.4, -0.2) is 15.0 Å². The first-order valence-electron chi connectivity index (χ1n) is 5.27. The molecule has 0 bridgehead atoms. The number of aromatic nitrogens is 3. The van der Waals surface area contributed by atoms with Crippen molar-refractivity contribution in [3.05, 3.63) is 48.8 Å². The molecule has 82 valence electrons. The van der Waals surface area contributed by atoms with Crippen LogP contribution in [0.3, 0.4) is 0 Å². The number of hydrogen-bond acceptors (Lipinski definition) is 4. The highest BCUT2D eigenvalue weighted by atomic mass is 14.9. The zero-order valence-electron chi connectivity index (χ0n) is 9.04. The van der Waals surface area contributed by atoms with Gasteiger partial charge in [0.2, 0.25) is 0 Å². The summed E-state index contributed by atoms with van der Waals surface area (Å²) in [6.07, 6.45) is 3.45. The minimum Gasteiger partial charge on any atom is -0.382 e. The topological polar surface area (TPSA) is 64.7 Å². The van der Waals surface area contributed by atoms with Crippen molar-refractivity contribution in [1.82, 2.24) is 15.0 Å². The van der Waals surface area contributed by atoms with Crippen LogP contribution in [0.15, 0.2) is 48.8 Å². The Morgan fingerprint density at radius 1 is 0.882 bits per heavy atom. The summed E-state index contributed by atoms with van der Waals surface area (Å²) in [6, 6.07) is 11.4. The van der Waals surface area contributed by atoms with Gasteiger partial charge in [-0.2, -0.15) is 0 Å². The summed E-state index contributed by atoms with van der Waals surface area (Å²) in [7, 11) is 0. The first-order valence-corrected chi connectivity index (χ1v) is 5.27. The summed E-state index contributed by atoms with van der Waals surface area (Å²) in [5.41, 5.74) is 9.11. The number of nitrogens with zero attached hydrogens (tertiary/aromatic N) is 3. The predicted molar refractivity (Wildman–Crippen MR) is 67.2 cm³/mol. The third-order valence-electron chi connectivity index (χ3n) is 2.53. The molecule has 3 rings (SSSR count). The normalized spacial score (nSPS) is 10.6. The van der Waals surface area contributed by atoms with E-state index in [9.17, 15) is 0 Å². The highest BCUT2D eigenvalue weighted by molar-refractivity contribution is 5.81. The number of para-hydroxylation sites is 2. The van der Waals surface area contributed by atoms with Gasteiger partial charge < -0.3 is 5.73 Å². The molecule has 0 aliphatic rings. The van der Waals surface area contributed by atoms with Gasteiger partial charge in [0.15, 0.2) is 5.82 Å². The molecule has 0 aliphatic heterocycles. The maximum absolute atomic E-state index is 5.92. The lowest BCUT2D eigenvalue weighted by molar-refractivity contribution is 1.27. The molecule has 2 heterocycles. The summed E-state index contributed by atoms with van der Waals surface area (Å²) >= 11 is 0. The summed E-state index contributed by atoms with van der Waals surface area (Å²) in [5.74, 6) is 0.428. The number of benzene rings is 1. The second-order valence-electron chi connectivity index (χ2n) is 3.69. The van der Waals surface area contributed by atoms with E-state index in [2.05, 4.69) is 15.0 Å². The predicted octanol–water partition coefficient (Wildman–Crippen LogP) is 2.27. The Labute approximate surface area is 98.2 Å². The molecule has 4 nitrogen and oxygen atoms in total. The van der Waals surface area contributed by atoms with Gasteiger partial charge >= 0.3 is 0 Å². The van der Waals surface area contributed by atoms with E-state index in [1.54, 1.807) is 12.4 Å². The highest BCUT2D eigenvalue weighted by Gasteiger charge is 2.07. The van der Waals surface area contributed by atoms with Gasteiger partial charge in [-0.15, -0.1) is 0 Å². The van der Waals surface area contributed by atoms with Crippen molar-refractivity contribution in [2.75, 3.05) is 5.73 Å². The van der Waals surface area contributed by atoms with Crippen LogP contribution in [0, 0.1) is 0 Å². The molecule has 1 aromatic carbocycles. The summed E-state index contributed by atoms with van der Waals surface area (Å²) in [4.78, 5) is 12.9. The van der Waals surface area contributed by atoms with Crippen molar-refractivity contribution in [1.29, 1.82) is 0 Å². The van der Waals surface area contributed by atoms with Gasteiger partial charge in [0, 0.05) is 18.0 Å². The van der Waals surface area contributed by atoms with Gasteiger partial charge in [-0.3, -0.25) is 4.98 Å². The number of hydrogen-bond donors (Lipinski definition) is 1. The van der Waals surface area contributed by atoms with Crippen LogP contribution in [0.25, 0.3) is 22.3 Å². The van der Waals surface area contributed by atoms with Crippen LogP contribution in [0.2, 0.25) is 0 Å². The van der Waals surface area contributed by atoms with Gasteiger partial charge in [0.05, 0.1) is 11.0 Å². The van der Waals surface area contributed by atoms with Crippen LogP contribution in [0.1, 0.15) is 0 Å². The van der Waals surface area contributed by atoms with E-state index >= 15 is 0 Å². The second kappa shape index (κ2) is 3.83. The van der Waals surface area contributed by atoms with E-state index in [0.717, 1.165) is 16.6 Å². The monoisotopic (exact) mass is 222 g/mol. The molecule has 0 unspecified atom stereocenters. The lowest BCUT2D eigenvalue weighted by Crippen LogP contribution is -1.98. The van der Waals surface area contributed by atoms with E-state index in [1.807, 2.05) is 36.4 Å². The van der Waals surface area contributed by atoms with Crippen molar-refractivity contribution in [3.8, 4) is 11.3 Å². The molecule has 0 radical (unpaired) electrons. The maximum Gasteiger partial charge on any atom is 0.150 e. The fourth-order valence-corrected chi connectivity index (χ4v) is 1.73. The first-order chi connectivity index (χ1) is 8.34. The summed E-state index contributed by atoms with van der Waals surface area (Å²) in [5, 5.41) is 0. The SMILES string of the molecule is Nc1nc2ccccc2nc1-c1cccnc1. The summed E-state index contributed by atoms with van der Waals surface area (Å²) < 4.78 is 0. The number of fused-ring (bicyclic) bond motifs is 1.